The van der Waals surface area contributed by atoms with Gasteiger partial charge in [0.05, 0.1) is 5.92 Å². The van der Waals surface area contributed by atoms with Crippen molar-refractivity contribution in [1.29, 1.82) is 0 Å². The first-order valence-electron chi connectivity index (χ1n) is 3.49. The number of carboxylic acids is 1. The molecule has 0 aromatic rings. The fraction of sp³-hybridized carbons (Fsp3) is 0.857. The van der Waals surface area contributed by atoms with E-state index in [0.717, 1.165) is 0 Å². The van der Waals surface area contributed by atoms with Crippen LogP contribution in [0.1, 0.15) is 13.8 Å². The highest BCUT2D eigenvalue weighted by Gasteiger charge is 2.68. The van der Waals surface area contributed by atoms with E-state index in [2.05, 4.69) is 0 Å². The van der Waals surface area contributed by atoms with Crippen molar-refractivity contribution in [3.63, 3.8) is 0 Å². The Morgan fingerprint density at radius 1 is 1.55 bits per heavy atom. The highest BCUT2D eigenvalue weighted by Crippen LogP contribution is 2.62. The van der Waals surface area contributed by atoms with Crippen LogP contribution in [0, 0.1) is 17.8 Å². The molecule has 1 aliphatic rings. The van der Waals surface area contributed by atoms with Crippen LogP contribution < -0.4 is 0 Å². The molecular formula is C7H10Cl2O2. The van der Waals surface area contributed by atoms with Crippen LogP contribution >= 0.6 is 23.2 Å². The molecule has 0 saturated heterocycles. The van der Waals surface area contributed by atoms with Crippen molar-refractivity contribution in [2.75, 3.05) is 0 Å². The van der Waals surface area contributed by atoms with E-state index in [-0.39, 0.29) is 11.8 Å². The highest BCUT2D eigenvalue weighted by atomic mass is 35.5. The standard InChI is InChI=1S/C7H10Cl2O2/c1-3(2)4-5(6(10)11)7(4,8)9/h3-5H,1-2H3,(H,10,11). The summed E-state index contributed by atoms with van der Waals surface area (Å²) in [5, 5.41) is 8.64. The third-order valence-electron chi connectivity index (χ3n) is 2.09. The zero-order valence-electron chi connectivity index (χ0n) is 6.34. The van der Waals surface area contributed by atoms with E-state index >= 15 is 0 Å². The van der Waals surface area contributed by atoms with Gasteiger partial charge in [0.2, 0.25) is 0 Å². The highest BCUT2D eigenvalue weighted by molar-refractivity contribution is 6.52. The Kier molecular flexibility index (Phi) is 2.10. The summed E-state index contributed by atoms with van der Waals surface area (Å²) in [4.78, 5) is 10.5. The smallest absolute Gasteiger partial charge is 0.309 e. The molecule has 1 fully saturated rings. The van der Waals surface area contributed by atoms with Crippen molar-refractivity contribution >= 4 is 29.2 Å². The van der Waals surface area contributed by atoms with E-state index in [0.29, 0.717) is 0 Å². The maximum absolute atomic E-state index is 10.5. The third-order valence-corrected chi connectivity index (χ3v) is 3.07. The first kappa shape index (κ1) is 9.14. The molecule has 2 nitrogen and oxygen atoms in total. The van der Waals surface area contributed by atoms with Gasteiger partial charge in [0, 0.05) is 5.92 Å². The Morgan fingerprint density at radius 2 is 2.00 bits per heavy atom. The van der Waals surface area contributed by atoms with Crippen LogP contribution in [0.15, 0.2) is 0 Å². The number of hydrogen-bond donors (Lipinski definition) is 1. The fourth-order valence-corrected chi connectivity index (χ4v) is 2.59. The third kappa shape index (κ3) is 1.34. The maximum atomic E-state index is 10.5. The zero-order chi connectivity index (χ0) is 8.81. The first-order chi connectivity index (χ1) is 4.89. The molecule has 0 radical (unpaired) electrons. The summed E-state index contributed by atoms with van der Waals surface area (Å²) in [7, 11) is 0. The van der Waals surface area contributed by atoms with E-state index in [1.54, 1.807) is 0 Å². The van der Waals surface area contributed by atoms with Crippen molar-refractivity contribution in [2.45, 2.75) is 18.2 Å². The van der Waals surface area contributed by atoms with Crippen molar-refractivity contribution in [3.8, 4) is 0 Å². The monoisotopic (exact) mass is 196 g/mol. The Hall–Kier alpha value is 0.0500. The van der Waals surface area contributed by atoms with Crippen molar-refractivity contribution < 1.29 is 9.90 Å². The average Bonchev–Trinajstić information content (AvgIpc) is 2.33. The number of carbonyl (C=O) groups is 1. The molecule has 0 aromatic heterocycles. The molecular weight excluding hydrogens is 187 g/mol. The second-order valence-electron chi connectivity index (χ2n) is 3.26. The van der Waals surface area contributed by atoms with Gasteiger partial charge in [-0.2, -0.15) is 0 Å². The van der Waals surface area contributed by atoms with Crippen LogP contribution in [0.2, 0.25) is 0 Å². The molecule has 1 saturated carbocycles. The number of alkyl halides is 2. The van der Waals surface area contributed by atoms with Gasteiger partial charge >= 0.3 is 5.97 Å². The molecule has 2 unspecified atom stereocenters. The Balaban J connectivity index is 2.68. The van der Waals surface area contributed by atoms with Gasteiger partial charge in [0.25, 0.3) is 0 Å². The number of halogens is 2. The van der Waals surface area contributed by atoms with Gasteiger partial charge in [0.1, 0.15) is 4.33 Å². The van der Waals surface area contributed by atoms with E-state index < -0.39 is 16.2 Å². The Labute approximate surface area is 75.5 Å². The minimum atomic E-state index is -1.03. The molecule has 1 rings (SSSR count). The molecule has 0 bridgehead atoms. The summed E-state index contributed by atoms with van der Waals surface area (Å²) in [6.45, 7) is 3.85. The normalized spacial score (nSPS) is 33.9. The fourth-order valence-electron chi connectivity index (χ4n) is 1.50. The van der Waals surface area contributed by atoms with Crippen molar-refractivity contribution in [2.24, 2.45) is 17.8 Å². The largest absolute Gasteiger partial charge is 0.481 e. The number of aliphatic carboxylic acids is 1. The van der Waals surface area contributed by atoms with Gasteiger partial charge in [-0.15, -0.1) is 23.2 Å². The molecule has 0 aromatic carbocycles. The van der Waals surface area contributed by atoms with E-state index in [4.69, 9.17) is 28.3 Å². The molecule has 2 atom stereocenters. The molecule has 64 valence electrons. The summed E-state index contributed by atoms with van der Waals surface area (Å²) in [6, 6.07) is 0. The van der Waals surface area contributed by atoms with Crippen LogP contribution in [-0.2, 0) is 4.79 Å². The molecule has 0 amide bonds. The van der Waals surface area contributed by atoms with Gasteiger partial charge in [-0.3, -0.25) is 4.79 Å². The average molecular weight is 197 g/mol. The van der Waals surface area contributed by atoms with Crippen LogP contribution in [0.3, 0.4) is 0 Å². The van der Waals surface area contributed by atoms with Crippen LogP contribution in [0.4, 0.5) is 0 Å². The summed E-state index contributed by atoms with van der Waals surface area (Å²) in [6.07, 6.45) is 0. The van der Waals surface area contributed by atoms with Crippen LogP contribution in [0.5, 0.6) is 0 Å². The van der Waals surface area contributed by atoms with E-state index in [1.807, 2.05) is 13.8 Å². The lowest BCUT2D eigenvalue weighted by Crippen LogP contribution is -2.03. The number of rotatable bonds is 2. The second-order valence-corrected chi connectivity index (χ2v) is 4.70. The van der Waals surface area contributed by atoms with Gasteiger partial charge < -0.3 is 5.11 Å². The van der Waals surface area contributed by atoms with E-state index in [1.165, 1.54) is 0 Å². The van der Waals surface area contributed by atoms with Crippen LogP contribution in [0.25, 0.3) is 0 Å². The van der Waals surface area contributed by atoms with Gasteiger partial charge in [0.15, 0.2) is 0 Å². The topological polar surface area (TPSA) is 37.3 Å². The summed E-state index contributed by atoms with van der Waals surface area (Å²) >= 11 is 11.5. The van der Waals surface area contributed by atoms with Crippen molar-refractivity contribution in [1.82, 2.24) is 0 Å². The molecule has 0 heterocycles. The quantitative estimate of drug-likeness (QED) is 0.688. The predicted octanol–water partition coefficient (Wildman–Crippen LogP) is 2.15. The minimum absolute atomic E-state index is 0.0941. The predicted molar refractivity (Wildman–Crippen MR) is 43.9 cm³/mol. The lowest BCUT2D eigenvalue weighted by Gasteiger charge is -2.00. The molecule has 0 spiro atoms. The lowest BCUT2D eigenvalue weighted by atomic mass is 10.1. The number of hydrogen-bond acceptors (Lipinski definition) is 1. The van der Waals surface area contributed by atoms with Crippen LogP contribution in [-0.4, -0.2) is 15.4 Å². The SMILES string of the molecule is CC(C)C1C(C(=O)O)C1(Cl)Cl. The first-order valence-corrected chi connectivity index (χ1v) is 4.25. The zero-order valence-corrected chi connectivity index (χ0v) is 7.86. The molecule has 4 heteroatoms. The van der Waals surface area contributed by atoms with E-state index in [9.17, 15) is 4.79 Å². The van der Waals surface area contributed by atoms with Gasteiger partial charge in [-0.25, -0.2) is 0 Å². The number of carboxylic acid groups (broad SMARTS) is 1. The van der Waals surface area contributed by atoms with Gasteiger partial charge in [-0.1, -0.05) is 13.8 Å². The summed E-state index contributed by atoms with van der Waals surface area (Å²) in [5.41, 5.74) is 0. The minimum Gasteiger partial charge on any atom is -0.481 e. The van der Waals surface area contributed by atoms with Gasteiger partial charge in [-0.05, 0) is 5.92 Å². The summed E-state index contributed by atoms with van der Waals surface area (Å²) < 4.78 is -1.03. The Morgan fingerprint density at radius 3 is 2.09 bits per heavy atom. The maximum Gasteiger partial charge on any atom is 0.309 e. The molecule has 11 heavy (non-hydrogen) atoms. The lowest BCUT2D eigenvalue weighted by molar-refractivity contribution is -0.139. The molecule has 0 aliphatic heterocycles. The molecule has 1 N–H and O–H groups in total. The second kappa shape index (κ2) is 2.53. The Bertz CT molecular complexity index is 189. The molecule has 1 aliphatic carbocycles. The summed E-state index contributed by atoms with van der Waals surface area (Å²) in [5.74, 6) is -1.34. The van der Waals surface area contributed by atoms with Crippen molar-refractivity contribution in [3.05, 3.63) is 0 Å².